The van der Waals surface area contributed by atoms with E-state index >= 15 is 0 Å². The molecule has 2 saturated heterocycles. The van der Waals surface area contributed by atoms with Gasteiger partial charge < -0.3 is 14.5 Å². The van der Waals surface area contributed by atoms with Gasteiger partial charge in [-0.15, -0.1) is 11.3 Å². The third-order valence-electron chi connectivity index (χ3n) is 7.45. The topological polar surface area (TPSA) is 62.7 Å². The van der Waals surface area contributed by atoms with Gasteiger partial charge in [-0.25, -0.2) is 0 Å². The van der Waals surface area contributed by atoms with Gasteiger partial charge in [-0.05, 0) is 56.9 Å². The van der Waals surface area contributed by atoms with Crippen molar-refractivity contribution in [2.24, 2.45) is 0 Å². The Kier molecular flexibility index (Phi) is 5.93. The first kappa shape index (κ1) is 22.8. The third-order valence-corrected chi connectivity index (χ3v) is 8.81. The summed E-state index contributed by atoms with van der Waals surface area (Å²) in [6, 6.07) is 8.17. The van der Waals surface area contributed by atoms with E-state index in [2.05, 4.69) is 18.0 Å². The van der Waals surface area contributed by atoms with Crippen LogP contribution in [0.5, 0.6) is 5.75 Å². The fourth-order valence-electron chi connectivity index (χ4n) is 5.55. The van der Waals surface area contributed by atoms with Gasteiger partial charge in [0.2, 0.25) is 5.91 Å². The molecule has 5 heterocycles. The Hall–Kier alpha value is -2.64. The van der Waals surface area contributed by atoms with Gasteiger partial charge >= 0.3 is 0 Å². The predicted octanol–water partition coefficient (Wildman–Crippen LogP) is 5.44. The molecule has 0 radical (unpaired) electrons. The van der Waals surface area contributed by atoms with Crippen LogP contribution in [0.1, 0.15) is 49.5 Å². The predicted molar refractivity (Wildman–Crippen MR) is 138 cm³/mol. The van der Waals surface area contributed by atoms with Crippen molar-refractivity contribution in [3.63, 3.8) is 0 Å². The highest BCUT2D eigenvalue weighted by atomic mass is 35.5. The Morgan fingerprint density at radius 2 is 2.03 bits per heavy atom. The molecule has 2 atom stereocenters. The van der Waals surface area contributed by atoms with E-state index in [-0.39, 0.29) is 17.9 Å². The summed E-state index contributed by atoms with van der Waals surface area (Å²) in [7, 11) is 0. The van der Waals surface area contributed by atoms with E-state index < -0.39 is 6.10 Å². The van der Waals surface area contributed by atoms with Gasteiger partial charge in [0.1, 0.15) is 5.75 Å². The number of piperidine rings is 1. The van der Waals surface area contributed by atoms with Crippen molar-refractivity contribution in [1.29, 1.82) is 0 Å². The Balaban J connectivity index is 1.33. The zero-order valence-electron chi connectivity index (χ0n) is 19.8. The molecule has 6 rings (SSSR count). The number of nitrogens with zero attached hydrogens (tertiary/aromatic N) is 3. The molecule has 182 valence electrons. The average Bonchev–Trinajstić information content (AvgIpc) is 3.56. The van der Waals surface area contributed by atoms with Crippen molar-refractivity contribution < 1.29 is 14.3 Å². The van der Waals surface area contributed by atoms with Gasteiger partial charge in [-0.1, -0.05) is 11.6 Å². The van der Waals surface area contributed by atoms with E-state index in [4.69, 9.17) is 16.3 Å². The van der Waals surface area contributed by atoms with Gasteiger partial charge in [0.05, 0.1) is 16.8 Å². The number of pyridine rings is 1. The Morgan fingerprint density at radius 1 is 1.20 bits per heavy atom. The number of fused-ring (bicyclic) bond motifs is 2. The molecular formula is C27H28ClN3O3S. The SMILES string of the molecule is CC1CCC(=O)N1Cc1cc2nccc(-c3cc(Cl)cc4c3O[C@@H](C(=O)N3CCCCC3)C4)c2s1. The quantitative estimate of drug-likeness (QED) is 0.469. The lowest BCUT2D eigenvalue weighted by Gasteiger charge is -2.28. The summed E-state index contributed by atoms with van der Waals surface area (Å²) in [5, 5.41) is 0.631. The number of benzene rings is 1. The standard InChI is InChI=1S/C27H28ClN3O3S/c1-16-5-6-24(32)31(16)15-19-14-22-26(35-19)20(7-8-29-22)21-13-18(28)11-17-12-23(34-25(17)21)27(33)30-9-3-2-4-10-30/h7-8,11,13-14,16,23H,2-6,9-10,12,15H2,1H3/t16?,23-/m1/s1. The van der Waals surface area contributed by atoms with Gasteiger partial charge in [0, 0.05) is 64.8 Å². The Labute approximate surface area is 213 Å². The van der Waals surface area contributed by atoms with E-state index in [0.717, 1.165) is 69.9 Å². The minimum atomic E-state index is -0.501. The number of thiophene rings is 1. The minimum absolute atomic E-state index is 0.0747. The lowest BCUT2D eigenvalue weighted by molar-refractivity contribution is -0.138. The molecule has 2 amide bonds. The van der Waals surface area contributed by atoms with Crippen LogP contribution in [-0.4, -0.2) is 51.8 Å². The van der Waals surface area contributed by atoms with E-state index in [0.29, 0.717) is 24.4 Å². The molecule has 1 unspecified atom stereocenters. The number of aromatic nitrogens is 1. The maximum Gasteiger partial charge on any atom is 0.263 e. The molecule has 0 saturated carbocycles. The van der Waals surface area contributed by atoms with Crippen molar-refractivity contribution >= 4 is 45.0 Å². The zero-order chi connectivity index (χ0) is 24.1. The largest absolute Gasteiger partial charge is 0.479 e. The molecule has 1 aromatic carbocycles. The summed E-state index contributed by atoms with van der Waals surface area (Å²) in [5.41, 5.74) is 3.76. The first-order valence-electron chi connectivity index (χ1n) is 12.4. The number of hydrogen-bond donors (Lipinski definition) is 0. The first-order chi connectivity index (χ1) is 17.0. The van der Waals surface area contributed by atoms with Crippen LogP contribution in [0.25, 0.3) is 21.3 Å². The van der Waals surface area contributed by atoms with Gasteiger partial charge in [0.15, 0.2) is 6.10 Å². The smallest absolute Gasteiger partial charge is 0.263 e. The fraction of sp³-hybridized carbons (Fsp3) is 0.444. The van der Waals surface area contributed by atoms with Gasteiger partial charge in [-0.3, -0.25) is 14.6 Å². The second-order valence-electron chi connectivity index (χ2n) is 9.83. The number of hydrogen-bond acceptors (Lipinski definition) is 5. The lowest BCUT2D eigenvalue weighted by atomic mass is 10.0. The van der Waals surface area contributed by atoms with Crippen LogP contribution >= 0.6 is 22.9 Å². The van der Waals surface area contributed by atoms with Crippen LogP contribution in [0, 0.1) is 0 Å². The van der Waals surface area contributed by atoms with Crippen molar-refractivity contribution in [2.75, 3.05) is 13.1 Å². The summed E-state index contributed by atoms with van der Waals surface area (Å²) in [6.07, 6.45) is 6.67. The average molecular weight is 510 g/mol. The van der Waals surface area contributed by atoms with Crippen LogP contribution in [-0.2, 0) is 22.6 Å². The summed E-state index contributed by atoms with van der Waals surface area (Å²) < 4.78 is 7.38. The molecule has 3 aliphatic rings. The number of carbonyl (C=O) groups is 2. The number of rotatable bonds is 4. The van der Waals surface area contributed by atoms with Crippen molar-refractivity contribution in [3.8, 4) is 16.9 Å². The maximum absolute atomic E-state index is 13.2. The van der Waals surface area contributed by atoms with Crippen LogP contribution in [0.2, 0.25) is 5.02 Å². The monoisotopic (exact) mass is 509 g/mol. The van der Waals surface area contributed by atoms with Gasteiger partial charge in [0.25, 0.3) is 5.91 Å². The third kappa shape index (κ3) is 4.19. The molecular weight excluding hydrogens is 482 g/mol. The summed E-state index contributed by atoms with van der Waals surface area (Å²) in [5.74, 6) is 1.04. The number of likely N-dealkylation sites (tertiary alicyclic amines) is 2. The lowest BCUT2D eigenvalue weighted by Crippen LogP contribution is -2.43. The first-order valence-corrected chi connectivity index (χ1v) is 13.6. The summed E-state index contributed by atoms with van der Waals surface area (Å²) >= 11 is 8.21. The van der Waals surface area contributed by atoms with E-state index in [1.807, 2.05) is 28.0 Å². The van der Waals surface area contributed by atoms with Gasteiger partial charge in [-0.2, -0.15) is 0 Å². The Morgan fingerprint density at radius 3 is 2.80 bits per heavy atom. The molecule has 0 bridgehead atoms. The molecule has 2 aromatic heterocycles. The number of carbonyl (C=O) groups excluding carboxylic acids is 2. The molecule has 0 spiro atoms. The Bertz CT molecular complexity index is 1320. The highest BCUT2D eigenvalue weighted by Gasteiger charge is 2.35. The van der Waals surface area contributed by atoms with E-state index in [1.54, 1.807) is 17.5 Å². The van der Waals surface area contributed by atoms with Crippen LogP contribution in [0.3, 0.4) is 0 Å². The zero-order valence-corrected chi connectivity index (χ0v) is 21.3. The van der Waals surface area contributed by atoms with Crippen LogP contribution in [0.15, 0.2) is 30.5 Å². The molecule has 2 fully saturated rings. The van der Waals surface area contributed by atoms with Crippen molar-refractivity contribution in [1.82, 2.24) is 14.8 Å². The van der Waals surface area contributed by atoms with Crippen LogP contribution in [0.4, 0.5) is 0 Å². The summed E-state index contributed by atoms with van der Waals surface area (Å²) in [4.78, 5) is 35.1. The maximum atomic E-state index is 13.2. The number of halogens is 1. The number of amides is 2. The van der Waals surface area contributed by atoms with Crippen molar-refractivity contribution in [3.05, 3.63) is 45.9 Å². The molecule has 6 nitrogen and oxygen atoms in total. The molecule has 3 aromatic rings. The van der Waals surface area contributed by atoms with E-state index in [1.165, 1.54) is 6.42 Å². The second kappa shape index (κ2) is 9.10. The minimum Gasteiger partial charge on any atom is -0.479 e. The van der Waals surface area contributed by atoms with Crippen LogP contribution < -0.4 is 4.74 Å². The normalized spacial score (nSPS) is 22.1. The summed E-state index contributed by atoms with van der Waals surface area (Å²) in [6.45, 7) is 4.33. The van der Waals surface area contributed by atoms with Crippen molar-refractivity contribution in [2.45, 2.75) is 64.1 Å². The molecule has 3 aliphatic heterocycles. The molecule has 35 heavy (non-hydrogen) atoms. The second-order valence-corrected chi connectivity index (χ2v) is 11.4. The number of ether oxygens (including phenoxy) is 1. The van der Waals surface area contributed by atoms with E-state index in [9.17, 15) is 9.59 Å². The molecule has 0 aliphatic carbocycles. The fourth-order valence-corrected chi connectivity index (χ4v) is 6.93. The molecule has 8 heteroatoms. The highest BCUT2D eigenvalue weighted by Crippen LogP contribution is 2.45. The highest BCUT2D eigenvalue weighted by molar-refractivity contribution is 7.19. The molecule has 0 N–H and O–H groups in total.